The molecule has 1 aliphatic heterocycles. The van der Waals surface area contributed by atoms with E-state index < -0.39 is 17.7 Å². The molecule has 1 saturated heterocycles. The molecule has 2 N–H and O–H groups in total. The van der Waals surface area contributed by atoms with Crippen LogP contribution in [0.2, 0.25) is 0 Å². The van der Waals surface area contributed by atoms with Crippen molar-refractivity contribution in [3.63, 3.8) is 0 Å². The molecule has 1 unspecified atom stereocenters. The van der Waals surface area contributed by atoms with Gasteiger partial charge in [0.05, 0.1) is 18.7 Å². The van der Waals surface area contributed by atoms with Gasteiger partial charge in [-0.1, -0.05) is 30.3 Å². The van der Waals surface area contributed by atoms with E-state index >= 15 is 0 Å². The Bertz CT molecular complexity index is 1340. The second-order valence-electron chi connectivity index (χ2n) is 8.44. The maximum atomic E-state index is 13.3. The van der Waals surface area contributed by atoms with E-state index in [0.29, 0.717) is 33.8 Å². The number of Topliss-reactive ketones (excluding diaryl/α,β-unsaturated/α-hetero) is 1. The molecule has 0 radical (unpaired) electrons. The minimum atomic E-state index is -0.829. The summed E-state index contributed by atoms with van der Waals surface area (Å²) in [4.78, 5) is 39.4. The van der Waals surface area contributed by atoms with Crippen LogP contribution in [0.1, 0.15) is 35.2 Å². The number of carbonyl (C=O) groups excluding carboxylic acids is 3. The summed E-state index contributed by atoms with van der Waals surface area (Å²) >= 11 is 0. The minimum absolute atomic E-state index is 0.0137. The van der Waals surface area contributed by atoms with Crippen LogP contribution < -0.4 is 15.0 Å². The van der Waals surface area contributed by atoms with E-state index in [9.17, 15) is 19.5 Å². The summed E-state index contributed by atoms with van der Waals surface area (Å²) < 4.78 is 5.37. The van der Waals surface area contributed by atoms with E-state index in [1.165, 1.54) is 11.8 Å². The number of aliphatic hydroxyl groups excluding tert-OH is 1. The highest BCUT2D eigenvalue weighted by Crippen LogP contribution is 2.43. The maximum Gasteiger partial charge on any atom is 0.300 e. The molecule has 3 aromatic rings. The Morgan fingerprint density at radius 3 is 2.23 bits per heavy atom. The zero-order chi connectivity index (χ0) is 25.3. The Hall–Kier alpha value is -4.39. The number of nitrogens with zero attached hydrogens (tertiary/aromatic N) is 1. The molecular formula is C28H26N2O5. The molecule has 4 rings (SSSR count). The van der Waals surface area contributed by atoms with Crippen molar-refractivity contribution in [2.45, 2.75) is 26.8 Å². The number of amides is 2. The summed E-state index contributed by atoms with van der Waals surface area (Å²) in [5.41, 5.74) is 3.70. The summed E-state index contributed by atoms with van der Waals surface area (Å²) in [5.74, 6) is -1.30. The lowest BCUT2D eigenvalue weighted by Gasteiger charge is -2.26. The van der Waals surface area contributed by atoms with E-state index in [1.54, 1.807) is 43.5 Å². The third kappa shape index (κ3) is 4.40. The minimum Gasteiger partial charge on any atom is -0.507 e. The quantitative estimate of drug-likeness (QED) is 0.314. The monoisotopic (exact) mass is 470 g/mol. The molecule has 178 valence electrons. The van der Waals surface area contributed by atoms with Gasteiger partial charge in [-0.05, 0) is 66.9 Å². The van der Waals surface area contributed by atoms with E-state index in [2.05, 4.69) is 5.32 Å². The number of rotatable bonds is 5. The van der Waals surface area contributed by atoms with Gasteiger partial charge in [0.2, 0.25) is 5.91 Å². The average molecular weight is 471 g/mol. The molecule has 35 heavy (non-hydrogen) atoms. The van der Waals surface area contributed by atoms with Crippen LogP contribution in [0, 0.1) is 13.8 Å². The highest BCUT2D eigenvalue weighted by atomic mass is 16.5. The molecule has 7 nitrogen and oxygen atoms in total. The first-order chi connectivity index (χ1) is 16.7. The van der Waals surface area contributed by atoms with Crippen molar-refractivity contribution in [2.24, 2.45) is 0 Å². The Morgan fingerprint density at radius 1 is 0.971 bits per heavy atom. The second kappa shape index (κ2) is 9.46. The van der Waals surface area contributed by atoms with Crippen molar-refractivity contribution < 1.29 is 24.2 Å². The summed E-state index contributed by atoms with van der Waals surface area (Å²) in [6, 6.07) is 18.5. The van der Waals surface area contributed by atoms with Gasteiger partial charge in [-0.2, -0.15) is 0 Å². The second-order valence-corrected chi connectivity index (χ2v) is 8.44. The normalized spacial score (nSPS) is 16.9. The van der Waals surface area contributed by atoms with Gasteiger partial charge in [0.25, 0.3) is 11.7 Å². The Labute approximate surface area is 203 Å². The predicted molar refractivity (Wildman–Crippen MR) is 134 cm³/mol. The van der Waals surface area contributed by atoms with Crippen molar-refractivity contribution in [3.8, 4) is 5.75 Å². The average Bonchev–Trinajstić information content (AvgIpc) is 3.11. The number of carbonyl (C=O) groups is 3. The number of ether oxygens (including phenoxy) is 1. The lowest BCUT2D eigenvalue weighted by atomic mass is 9.93. The van der Waals surface area contributed by atoms with Crippen molar-refractivity contribution >= 4 is 34.7 Å². The highest BCUT2D eigenvalue weighted by Gasteiger charge is 2.47. The molecule has 0 saturated carbocycles. The van der Waals surface area contributed by atoms with E-state index in [0.717, 1.165) is 5.56 Å². The third-order valence-corrected chi connectivity index (χ3v) is 6.02. The first kappa shape index (κ1) is 23.8. The Balaban J connectivity index is 1.89. The smallest absolute Gasteiger partial charge is 0.300 e. The van der Waals surface area contributed by atoms with Gasteiger partial charge in [0, 0.05) is 23.9 Å². The fraction of sp³-hybridized carbons (Fsp3) is 0.179. The van der Waals surface area contributed by atoms with Gasteiger partial charge in [-0.25, -0.2) is 0 Å². The van der Waals surface area contributed by atoms with Crippen LogP contribution in [0.5, 0.6) is 5.75 Å². The number of aryl methyl sites for hydroxylation is 2. The molecule has 3 aromatic carbocycles. The highest BCUT2D eigenvalue weighted by molar-refractivity contribution is 6.51. The van der Waals surface area contributed by atoms with Gasteiger partial charge in [-0.15, -0.1) is 0 Å². The molecule has 0 aliphatic carbocycles. The number of anilines is 2. The number of benzene rings is 3. The molecule has 1 atom stereocenters. The molecule has 1 heterocycles. The number of methoxy groups -OCH3 is 1. The van der Waals surface area contributed by atoms with Crippen molar-refractivity contribution in [1.82, 2.24) is 0 Å². The van der Waals surface area contributed by atoms with E-state index in [-0.39, 0.29) is 17.2 Å². The maximum absolute atomic E-state index is 13.3. The summed E-state index contributed by atoms with van der Waals surface area (Å²) in [5, 5.41) is 14.1. The SMILES string of the molecule is COc1cc(C)c(/C(O)=C2\C(=O)C(=O)N(c3ccc(NC(C)=O)cc3)C2c2ccccc2)cc1C. The lowest BCUT2D eigenvalue weighted by molar-refractivity contribution is -0.132. The molecule has 1 aliphatic rings. The first-order valence-corrected chi connectivity index (χ1v) is 11.1. The van der Waals surface area contributed by atoms with Crippen LogP contribution in [0.3, 0.4) is 0 Å². The molecule has 0 bridgehead atoms. The molecule has 1 fully saturated rings. The number of aliphatic hydroxyl groups is 1. The topological polar surface area (TPSA) is 95.9 Å². The van der Waals surface area contributed by atoms with Crippen molar-refractivity contribution in [1.29, 1.82) is 0 Å². The van der Waals surface area contributed by atoms with Crippen molar-refractivity contribution in [2.75, 3.05) is 17.3 Å². The summed E-state index contributed by atoms with van der Waals surface area (Å²) in [7, 11) is 1.57. The van der Waals surface area contributed by atoms with Crippen LogP contribution in [-0.2, 0) is 14.4 Å². The van der Waals surface area contributed by atoms with Crippen LogP contribution in [0.4, 0.5) is 11.4 Å². The third-order valence-electron chi connectivity index (χ3n) is 6.02. The summed E-state index contributed by atoms with van der Waals surface area (Å²) in [6.07, 6.45) is 0. The number of hydrogen-bond donors (Lipinski definition) is 2. The zero-order valence-electron chi connectivity index (χ0n) is 20.0. The zero-order valence-corrected chi connectivity index (χ0v) is 20.0. The molecule has 0 aromatic heterocycles. The van der Waals surface area contributed by atoms with E-state index in [1.807, 2.05) is 44.2 Å². The van der Waals surface area contributed by atoms with Crippen LogP contribution in [0.25, 0.3) is 5.76 Å². The van der Waals surface area contributed by atoms with Crippen LogP contribution in [0.15, 0.2) is 72.3 Å². The largest absolute Gasteiger partial charge is 0.507 e. The predicted octanol–water partition coefficient (Wildman–Crippen LogP) is 4.90. The number of ketones is 1. The summed E-state index contributed by atoms with van der Waals surface area (Å²) in [6.45, 7) is 5.06. The standard InChI is InChI=1S/C28H26N2O5/c1-16-15-23(35-4)17(2)14-22(16)26(32)24-25(19-8-6-5-7-9-19)30(28(34)27(24)33)21-12-10-20(11-13-21)29-18(3)31/h5-15,25,32H,1-4H3,(H,29,31)/b26-24+. The lowest BCUT2D eigenvalue weighted by Crippen LogP contribution is -2.29. The number of nitrogens with one attached hydrogen (secondary N) is 1. The molecular weight excluding hydrogens is 444 g/mol. The molecule has 0 spiro atoms. The van der Waals surface area contributed by atoms with Crippen LogP contribution in [-0.4, -0.2) is 29.8 Å². The fourth-order valence-electron chi connectivity index (χ4n) is 4.37. The Kier molecular flexibility index (Phi) is 6.42. The van der Waals surface area contributed by atoms with E-state index in [4.69, 9.17) is 4.74 Å². The van der Waals surface area contributed by atoms with Crippen LogP contribution >= 0.6 is 0 Å². The molecule has 7 heteroatoms. The van der Waals surface area contributed by atoms with Gasteiger partial charge in [-0.3, -0.25) is 19.3 Å². The van der Waals surface area contributed by atoms with Gasteiger partial charge >= 0.3 is 0 Å². The van der Waals surface area contributed by atoms with Gasteiger partial charge < -0.3 is 15.2 Å². The first-order valence-electron chi connectivity index (χ1n) is 11.1. The Morgan fingerprint density at radius 2 is 1.63 bits per heavy atom. The van der Waals surface area contributed by atoms with Gasteiger partial charge in [0.1, 0.15) is 11.5 Å². The fourth-order valence-corrected chi connectivity index (χ4v) is 4.37. The molecule has 2 amide bonds. The van der Waals surface area contributed by atoms with Crippen molar-refractivity contribution in [3.05, 3.63) is 94.6 Å². The van der Waals surface area contributed by atoms with Gasteiger partial charge in [0.15, 0.2) is 0 Å². The number of hydrogen-bond acceptors (Lipinski definition) is 5.